The number of carbonyl (C=O) groups excluding carboxylic acids is 1. The molecule has 1 aromatic carbocycles. The van der Waals surface area contributed by atoms with Crippen molar-refractivity contribution in [2.45, 2.75) is 20.8 Å². The van der Waals surface area contributed by atoms with Gasteiger partial charge in [0.05, 0.1) is 23.1 Å². The predicted octanol–water partition coefficient (Wildman–Crippen LogP) is 4.37. The van der Waals surface area contributed by atoms with Gasteiger partial charge in [0.2, 0.25) is 0 Å². The maximum absolute atomic E-state index is 12.8. The number of nitrogens with zero attached hydrogens (tertiary/aromatic N) is 3. The van der Waals surface area contributed by atoms with Crippen molar-refractivity contribution in [3.8, 4) is 21.7 Å². The lowest BCUT2D eigenvalue weighted by Gasteiger charge is -2.06. The summed E-state index contributed by atoms with van der Waals surface area (Å²) in [5.74, 6) is 0.508. The fourth-order valence-corrected chi connectivity index (χ4v) is 3.98. The molecule has 7 nitrogen and oxygen atoms in total. The number of thiazole rings is 1. The van der Waals surface area contributed by atoms with Gasteiger partial charge in [0, 0.05) is 17.4 Å². The Morgan fingerprint density at radius 2 is 2.04 bits per heavy atom. The molecule has 3 aromatic heterocycles. The zero-order valence-electron chi connectivity index (χ0n) is 15.0. The van der Waals surface area contributed by atoms with Crippen LogP contribution in [0.15, 0.2) is 41.2 Å². The van der Waals surface area contributed by atoms with E-state index in [9.17, 15) is 4.79 Å². The Balaban J connectivity index is 1.60. The molecule has 27 heavy (non-hydrogen) atoms. The molecule has 0 bridgehead atoms. The van der Waals surface area contributed by atoms with Crippen LogP contribution in [-0.4, -0.2) is 26.2 Å². The van der Waals surface area contributed by atoms with Crippen molar-refractivity contribution in [1.82, 2.24) is 20.3 Å². The smallest absolute Gasteiger partial charge is 0.267 e. The van der Waals surface area contributed by atoms with E-state index in [1.54, 1.807) is 6.20 Å². The quantitative estimate of drug-likeness (QED) is 0.549. The van der Waals surface area contributed by atoms with Gasteiger partial charge in [0.15, 0.2) is 0 Å². The number of aromatic amines is 1. The molecule has 0 atom stereocenters. The predicted molar refractivity (Wildman–Crippen MR) is 104 cm³/mol. The van der Waals surface area contributed by atoms with E-state index in [0.29, 0.717) is 22.0 Å². The first-order valence-electron chi connectivity index (χ1n) is 8.34. The van der Waals surface area contributed by atoms with E-state index in [1.807, 2.05) is 51.2 Å². The summed E-state index contributed by atoms with van der Waals surface area (Å²) in [6, 6.07) is 7.63. The van der Waals surface area contributed by atoms with E-state index >= 15 is 0 Å². The second-order valence-electron chi connectivity index (χ2n) is 6.15. The Bertz CT molecular complexity index is 1090. The number of hydrogen-bond donors (Lipinski definition) is 2. The summed E-state index contributed by atoms with van der Waals surface area (Å²) in [7, 11) is 0. The summed E-state index contributed by atoms with van der Waals surface area (Å²) in [6.07, 6.45) is 3.55. The first-order valence-corrected chi connectivity index (χ1v) is 9.16. The van der Waals surface area contributed by atoms with Crippen molar-refractivity contribution in [1.29, 1.82) is 0 Å². The number of aryl methyl sites for hydroxylation is 3. The van der Waals surface area contributed by atoms with Gasteiger partial charge in [-0.15, -0.1) is 11.3 Å². The lowest BCUT2D eigenvalue weighted by Crippen LogP contribution is -2.11. The van der Waals surface area contributed by atoms with E-state index in [-0.39, 0.29) is 5.91 Å². The molecule has 0 aliphatic heterocycles. The van der Waals surface area contributed by atoms with Gasteiger partial charge in [0.25, 0.3) is 5.91 Å². The summed E-state index contributed by atoms with van der Waals surface area (Å²) in [5, 5.41) is 14.4. The summed E-state index contributed by atoms with van der Waals surface area (Å²) >= 11 is 1.34. The normalized spacial score (nSPS) is 10.9. The molecule has 136 valence electrons. The molecule has 2 N–H and O–H groups in total. The largest absolute Gasteiger partial charge is 0.361 e. The fourth-order valence-electron chi connectivity index (χ4n) is 2.88. The third-order valence-electron chi connectivity index (χ3n) is 4.20. The minimum atomic E-state index is -0.188. The van der Waals surface area contributed by atoms with Crippen molar-refractivity contribution in [2.24, 2.45) is 0 Å². The minimum Gasteiger partial charge on any atom is -0.361 e. The van der Waals surface area contributed by atoms with Crippen molar-refractivity contribution >= 4 is 22.9 Å². The van der Waals surface area contributed by atoms with Crippen LogP contribution in [-0.2, 0) is 0 Å². The number of hydrogen-bond acceptors (Lipinski definition) is 6. The van der Waals surface area contributed by atoms with Gasteiger partial charge in [0.1, 0.15) is 15.6 Å². The first kappa shape index (κ1) is 17.2. The SMILES string of the molecule is Cc1nc(-c2c(C)noc2C)sc1C(=O)Nc1cccc(-c2cn[nH]c2)c1. The molecule has 0 spiro atoms. The maximum Gasteiger partial charge on any atom is 0.267 e. The average molecular weight is 379 g/mol. The van der Waals surface area contributed by atoms with Crippen LogP contribution in [0.5, 0.6) is 0 Å². The minimum absolute atomic E-state index is 0.188. The number of carbonyl (C=O) groups is 1. The standard InChI is InChI=1S/C19H17N5O2S/c1-10-16(12(3)26-24-10)19-22-11(2)17(27-19)18(25)23-15-6-4-5-13(7-15)14-8-20-21-9-14/h4-9H,1-3H3,(H,20,21)(H,23,25). The molecule has 8 heteroatoms. The van der Waals surface area contributed by atoms with Crippen LogP contribution in [0.25, 0.3) is 21.7 Å². The highest BCUT2D eigenvalue weighted by Gasteiger charge is 2.21. The highest BCUT2D eigenvalue weighted by Crippen LogP contribution is 2.33. The monoisotopic (exact) mass is 379 g/mol. The summed E-state index contributed by atoms with van der Waals surface area (Å²) in [6.45, 7) is 5.53. The molecule has 0 radical (unpaired) electrons. The van der Waals surface area contributed by atoms with E-state index in [1.165, 1.54) is 11.3 Å². The molecule has 0 saturated carbocycles. The van der Waals surface area contributed by atoms with Crippen molar-refractivity contribution in [3.05, 3.63) is 58.7 Å². The topological polar surface area (TPSA) is 96.7 Å². The zero-order chi connectivity index (χ0) is 19.0. The average Bonchev–Trinajstić information content (AvgIpc) is 3.36. The lowest BCUT2D eigenvalue weighted by atomic mass is 10.1. The molecule has 3 heterocycles. The van der Waals surface area contributed by atoms with Gasteiger partial charge in [-0.05, 0) is 38.5 Å². The summed E-state index contributed by atoms with van der Waals surface area (Å²) in [4.78, 5) is 17.9. The molecule has 1 amide bonds. The fraction of sp³-hybridized carbons (Fsp3) is 0.158. The van der Waals surface area contributed by atoms with Crippen LogP contribution in [0.4, 0.5) is 5.69 Å². The molecule has 0 fully saturated rings. The van der Waals surface area contributed by atoms with Crippen molar-refractivity contribution in [3.63, 3.8) is 0 Å². The van der Waals surface area contributed by atoms with Gasteiger partial charge >= 0.3 is 0 Å². The number of anilines is 1. The molecule has 0 aliphatic rings. The second-order valence-corrected chi connectivity index (χ2v) is 7.15. The van der Waals surface area contributed by atoms with Crippen LogP contribution >= 0.6 is 11.3 Å². The zero-order valence-corrected chi connectivity index (χ0v) is 15.8. The molecular weight excluding hydrogens is 362 g/mol. The van der Waals surface area contributed by atoms with E-state index in [0.717, 1.165) is 27.4 Å². The number of aromatic nitrogens is 4. The maximum atomic E-state index is 12.8. The van der Waals surface area contributed by atoms with E-state index in [2.05, 4.69) is 25.7 Å². The summed E-state index contributed by atoms with van der Waals surface area (Å²) < 4.78 is 5.21. The number of H-pyrrole nitrogens is 1. The van der Waals surface area contributed by atoms with Gasteiger partial charge in [-0.25, -0.2) is 4.98 Å². The molecule has 0 unspecified atom stereocenters. The molecule has 0 saturated heterocycles. The van der Waals surface area contributed by atoms with Gasteiger partial charge in [-0.2, -0.15) is 5.10 Å². The van der Waals surface area contributed by atoms with Crippen LogP contribution in [0, 0.1) is 20.8 Å². The number of rotatable bonds is 4. The lowest BCUT2D eigenvalue weighted by molar-refractivity contribution is 0.103. The van der Waals surface area contributed by atoms with Crippen LogP contribution in [0.2, 0.25) is 0 Å². The third kappa shape index (κ3) is 3.26. The Labute approximate surface area is 159 Å². The Hall–Kier alpha value is -3.26. The highest BCUT2D eigenvalue weighted by atomic mass is 32.1. The highest BCUT2D eigenvalue weighted by molar-refractivity contribution is 7.17. The van der Waals surface area contributed by atoms with E-state index < -0.39 is 0 Å². The van der Waals surface area contributed by atoms with Crippen molar-refractivity contribution < 1.29 is 9.32 Å². The van der Waals surface area contributed by atoms with Crippen molar-refractivity contribution in [2.75, 3.05) is 5.32 Å². The van der Waals surface area contributed by atoms with Gasteiger partial charge < -0.3 is 9.84 Å². The van der Waals surface area contributed by atoms with E-state index in [4.69, 9.17) is 4.52 Å². The Kier molecular flexibility index (Phi) is 4.33. The van der Waals surface area contributed by atoms with Gasteiger partial charge in [-0.3, -0.25) is 9.89 Å². The molecule has 4 rings (SSSR count). The summed E-state index contributed by atoms with van der Waals surface area (Å²) in [5.41, 5.74) is 4.94. The first-order chi connectivity index (χ1) is 13.0. The van der Waals surface area contributed by atoms with Crippen LogP contribution < -0.4 is 5.32 Å². The number of benzene rings is 1. The molecule has 0 aliphatic carbocycles. The third-order valence-corrected chi connectivity index (χ3v) is 5.38. The number of nitrogens with one attached hydrogen (secondary N) is 2. The van der Waals surface area contributed by atoms with Crippen LogP contribution in [0.3, 0.4) is 0 Å². The van der Waals surface area contributed by atoms with Gasteiger partial charge in [-0.1, -0.05) is 17.3 Å². The Morgan fingerprint density at radius 3 is 2.74 bits per heavy atom. The number of amides is 1. The molecular formula is C19H17N5O2S. The molecule has 4 aromatic rings. The second kappa shape index (κ2) is 6.81. The Morgan fingerprint density at radius 1 is 1.19 bits per heavy atom. The van der Waals surface area contributed by atoms with Crippen LogP contribution in [0.1, 0.15) is 26.8 Å².